The van der Waals surface area contributed by atoms with Crippen molar-refractivity contribution >= 4 is 0 Å². The fraction of sp³-hybridized carbons (Fsp3) is 0.710. The number of aromatic nitrogens is 2. The molecule has 0 aliphatic carbocycles. The van der Waals surface area contributed by atoms with Gasteiger partial charge in [0, 0.05) is 18.1 Å². The number of unbranched alkanes of at least 4 members (excludes halogenated alkanes) is 15. The zero-order chi connectivity index (χ0) is 23.4. The minimum absolute atomic E-state index is 0.674. The molecule has 0 saturated heterocycles. The standard InChI is InChI=1S/C31H52N2/c1-3-5-7-9-11-12-13-15-17-19-23-29(22-18-16-14-10-8-6-4-2)30-24-20-21-25-31(30)33-27-26-32-28-33/h20-21,24-29H,3-19,22-23H2,1-2H3/t29-/m0/s1. The van der Waals surface area contributed by atoms with Crippen LogP contribution in [0.5, 0.6) is 0 Å². The number of rotatable bonds is 21. The molecule has 2 aromatic rings. The molecule has 2 nitrogen and oxygen atoms in total. The number of imidazole rings is 1. The van der Waals surface area contributed by atoms with Crippen LogP contribution in [0.1, 0.15) is 147 Å². The van der Waals surface area contributed by atoms with Gasteiger partial charge in [0.15, 0.2) is 0 Å². The molecule has 2 heteroatoms. The van der Waals surface area contributed by atoms with Crippen LogP contribution >= 0.6 is 0 Å². The van der Waals surface area contributed by atoms with Gasteiger partial charge in [-0.05, 0) is 30.4 Å². The highest BCUT2D eigenvalue weighted by Gasteiger charge is 2.16. The first kappa shape index (κ1) is 27.7. The average Bonchev–Trinajstić information content (AvgIpc) is 3.38. The zero-order valence-corrected chi connectivity index (χ0v) is 21.9. The van der Waals surface area contributed by atoms with E-state index in [-0.39, 0.29) is 0 Å². The molecule has 0 unspecified atom stereocenters. The summed E-state index contributed by atoms with van der Waals surface area (Å²) in [7, 11) is 0. The second-order valence-corrected chi connectivity index (χ2v) is 10.1. The molecule has 0 saturated carbocycles. The van der Waals surface area contributed by atoms with Gasteiger partial charge in [-0.2, -0.15) is 0 Å². The van der Waals surface area contributed by atoms with Gasteiger partial charge in [-0.25, -0.2) is 4.98 Å². The van der Waals surface area contributed by atoms with E-state index in [4.69, 9.17) is 0 Å². The number of hydrogen-bond acceptors (Lipinski definition) is 1. The highest BCUT2D eigenvalue weighted by Crippen LogP contribution is 2.32. The molecule has 0 aliphatic rings. The van der Waals surface area contributed by atoms with Crippen LogP contribution in [0.25, 0.3) is 5.69 Å². The van der Waals surface area contributed by atoms with E-state index in [1.54, 1.807) is 0 Å². The van der Waals surface area contributed by atoms with Gasteiger partial charge in [0.05, 0.1) is 6.33 Å². The van der Waals surface area contributed by atoms with Crippen molar-refractivity contribution in [3.05, 3.63) is 48.5 Å². The largest absolute Gasteiger partial charge is 0.306 e. The topological polar surface area (TPSA) is 17.8 Å². The lowest BCUT2D eigenvalue weighted by Crippen LogP contribution is -2.05. The van der Waals surface area contributed by atoms with Crippen LogP contribution < -0.4 is 0 Å². The van der Waals surface area contributed by atoms with Crippen LogP contribution in [0, 0.1) is 0 Å². The van der Waals surface area contributed by atoms with Gasteiger partial charge in [-0.1, -0.05) is 141 Å². The fourth-order valence-corrected chi connectivity index (χ4v) is 5.15. The summed E-state index contributed by atoms with van der Waals surface area (Å²) < 4.78 is 2.20. The van der Waals surface area contributed by atoms with E-state index in [0.717, 1.165) is 0 Å². The summed E-state index contributed by atoms with van der Waals surface area (Å²) in [5, 5.41) is 0. The Morgan fingerprint density at radius 3 is 1.61 bits per heavy atom. The second-order valence-electron chi connectivity index (χ2n) is 10.1. The van der Waals surface area contributed by atoms with Gasteiger partial charge in [-0.15, -0.1) is 0 Å². The summed E-state index contributed by atoms with van der Waals surface area (Å²) in [6, 6.07) is 9.04. The summed E-state index contributed by atoms with van der Waals surface area (Å²) >= 11 is 0. The van der Waals surface area contributed by atoms with E-state index in [2.05, 4.69) is 53.9 Å². The van der Waals surface area contributed by atoms with Crippen LogP contribution in [0.2, 0.25) is 0 Å². The van der Waals surface area contributed by atoms with E-state index >= 15 is 0 Å². The smallest absolute Gasteiger partial charge is 0.0991 e. The second kappa shape index (κ2) is 18.8. The van der Waals surface area contributed by atoms with Crippen molar-refractivity contribution in [3.8, 4) is 5.69 Å². The molecule has 1 atom stereocenters. The van der Waals surface area contributed by atoms with Crippen LogP contribution in [-0.2, 0) is 0 Å². The Morgan fingerprint density at radius 2 is 1.12 bits per heavy atom. The van der Waals surface area contributed by atoms with Gasteiger partial charge >= 0.3 is 0 Å². The minimum Gasteiger partial charge on any atom is -0.306 e. The van der Waals surface area contributed by atoms with E-state index in [0.29, 0.717) is 5.92 Å². The van der Waals surface area contributed by atoms with Gasteiger partial charge in [0.1, 0.15) is 0 Å². The Bertz CT molecular complexity index is 676. The fourth-order valence-electron chi connectivity index (χ4n) is 5.15. The zero-order valence-electron chi connectivity index (χ0n) is 21.9. The molecule has 2 rings (SSSR count). The van der Waals surface area contributed by atoms with Crippen molar-refractivity contribution in [2.75, 3.05) is 0 Å². The minimum atomic E-state index is 0.674. The van der Waals surface area contributed by atoms with Crippen molar-refractivity contribution in [1.29, 1.82) is 0 Å². The van der Waals surface area contributed by atoms with Gasteiger partial charge in [-0.3, -0.25) is 0 Å². The van der Waals surface area contributed by atoms with Crippen LogP contribution in [0.4, 0.5) is 0 Å². The molecule has 0 aliphatic heterocycles. The Morgan fingerprint density at radius 1 is 0.636 bits per heavy atom. The molecule has 33 heavy (non-hydrogen) atoms. The van der Waals surface area contributed by atoms with Crippen molar-refractivity contribution in [3.63, 3.8) is 0 Å². The van der Waals surface area contributed by atoms with E-state index < -0.39 is 0 Å². The van der Waals surface area contributed by atoms with Crippen LogP contribution in [0.3, 0.4) is 0 Å². The lowest BCUT2D eigenvalue weighted by Gasteiger charge is -2.21. The number of benzene rings is 1. The SMILES string of the molecule is CCCCCCCCCCCC[C@H](CCCCCCCCC)c1ccccc1-n1ccnc1. The number of nitrogens with zero attached hydrogens (tertiary/aromatic N) is 2. The summed E-state index contributed by atoms with van der Waals surface area (Å²) in [6.45, 7) is 4.60. The van der Waals surface area contributed by atoms with Crippen LogP contribution in [0.15, 0.2) is 43.0 Å². The highest BCUT2D eigenvalue weighted by atomic mass is 15.0. The molecular weight excluding hydrogens is 400 g/mol. The maximum Gasteiger partial charge on any atom is 0.0991 e. The van der Waals surface area contributed by atoms with Crippen molar-refractivity contribution < 1.29 is 0 Å². The monoisotopic (exact) mass is 452 g/mol. The average molecular weight is 453 g/mol. The molecule has 0 N–H and O–H groups in total. The van der Waals surface area contributed by atoms with Gasteiger partial charge < -0.3 is 4.57 Å². The third-order valence-electron chi connectivity index (χ3n) is 7.22. The van der Waals surface area contributed by atoms with Gasteiger partial charge in [0.2, 0.25) is 0 Å². The van der Waals surface area contributed by atoms with E-state index in [1.165, 1.54) is 133 Å². The molecular formula is C31H52N2. The highest BCUT2D eigenvalue weighted by molar-refractivity contribution is 5.43. The van der Waals surface area contributed by atoms with E-state index in [9.17, 15) is 0 Å². The van der Waals surface area contributed by atoms with Crippen molar-refractivity contribution in [2.24, 2.45) is 0 Å². The molecule has 0 fully saturated rings. The lowest BCUT2D eigenvalue weighted by molar-refractivity contribution is 0.481. The van der Waals surface area contributed by atoms with E-state index in [1.807, 2.05) is 12.5 Å². The normalized spacial score (nSPS) is 12.3. The predicted octanol–water partition coefficient (Wildman–Crippen LogP) is 10.4. The predicted molar refractivity (Wildman–Crippen MR) is 145 cm³/mol. The van der Waals surface area contributed by atoms with Crippen molar-refractivity contribution in [2.45, 2.75) is 142 Å². The molecule has 0 amide bonds. The first-order chi connectivity index (χ1) is 16.4. The quantitative estimate of drug-likeness (QED) is 0.172. The summed E-state index contributed by atoms with van der Waals surface area (Å²) in [4.78, 5) is 4.30. The molecule has 0 bridgehead atoms. The van der Waals surface area contributed by atoms with Crippen LogP contribution in [-0.4, -0.2) is 9.55 Å². The van der Waals surface area contributed by atoms with Crippen molar-refractivity contribution in [1.82, 2.24) is 9.55 Å². The first-order valence-electron chi connectivity index (χ1n) is 14.4. The Kier molecular flexibility index (Phi) is 15.8. The summed E-state index contributed by atoms with van der Waals surface area (Å²) in [5.74, 6) is 0.674. The lowest BCUT2D eigenvalue weighted by atomic mass is 9.87. The summed E-state index contributed by atoms with van der Waals surface area (Å²) in [5.41, 5.74) is 2.85. The molecule has 0 spiro atoms. The molecule has 0 radical (unpaired) electrons. The Balaban J connectivity index is 1.80. The molecule has 1 aromatic heterocycles. The number of hydrogen-bond donors (Lipinski definition) is 0. The summed E-state index contributed by atoms with van der Waals surface area (Å²) in [6.07, 6.45) is 32.5. The third kappa shape index (κ3) is 11.9. The number of para-hydroxylation sites is 1. The molecule has 1 aromatic carbocycles. The van der Waals surface area contributed by atoms with Gasteiger partial charge in [0.25, 0.3) is 0 Å². The Hall–Kier alpha value is -1.57. The maximum atomic E-state index is 4.30. The first-order valence-corrected chi connectivity index (χ1v) is 14.4. The maximum absolute atomic E-state index is 4.30. The Labute approximate surface area is 205 Å². The molecule has 1 heterocycles. The third-order valence-corrected chi connectivity index (χ3v) is 7.22. The molecule has 186 valence electrons.